The Labute approximate surface area is 126 Å². The average molecular weight is 313 g/mol. The number of carbonyl (C=O) groups is 1. The smallest absolute Gasteiger partial charge is 0.305 e. The van der Waals surface area contributed by atoms with Gasteiger partial charge in [0.25, 0.3) is 0 Å². The Morgan fingerprint density at radius 2 is 1.90 bits per heavy atom. The van der Waals surface area contributed by atoms with Crippen LogP contribution < -0.4 is 4.72 Å². The normalized spacial score (nSPS) is 12.9. The Kier molecular flexibility index (Phi) is 6.84. The van der Waals surface area contributed by atoms with Crippen molar-refractivity contribution in [3.8, 4) is 0 Å². The minimum absolute atomic E-state index is 0.0789. The Morgan fingerprint density at radius 3 is 2.43 bits per heavy atom. The van der Waals surface area contributed by atoms with E-state index in [0.717, 1.165) is 11.1 Å². The minimum Gasteiger partial charge on any atom is -0.469 e. The van der Waals surface area contributed by atoms with Crippen LogP contribution in [0.25, 0.3) is 0 Å². The van der Waals surface area contributed by atoms with E-state index in [0.29, 0.717) is 6.42 Å². The van der Waals surface area contributed by atoms with Crippen LogP contribution in [0.3, 0.4) is 0 Å². The van der Waals surface area contributed by atoms with Crippen LogP contribution >= 0.6 is 0 Å². The molecule has 0 amide bonds. The van der Waals surface area contributed by atoms with Gasteiger partial charge in [-0.2, -0.15) is 0 Å². The van der Waals surface area contributed by atoms with Crippen molar-refractivity contribution < 1.29 is 17.9 Å². The van der Waals surface area contributed by atoms with Gasteiger partial charge in [-0.25, -0.2) is 13.1 Å². The van der Waals surface area contributed by atoms with Crippen LogP contribution in [0.15, 0.2) is 24.3 Å². The summed E-state index contributed by atoms with van der Waals surface area (Å²) in [5.74, 6) is -0.472. The third-order valence-electron chi connectivity index (χ3n) is 3.23. The Balaban J connectivity index is 2.62. The van der Waals surface area contributed by atoms with Crippen molar-refractivity contribution in [2.75, 3.05) is 12.9 Å². The van der Waals surface area contributed by atoms with Gasteiger partial charge in [0.05, 0.1) is 12.9 Å². The fourth-order valence-corrected chi connectivity index (χ4v) is 3.35. The molecule has 0 fully saturated rings. The van der Waals surface area contributed by atoms with Crippen molar-refractivity contribution in [2.24, 2.45) is 0 Å². The Morgan fingerprint density at radius 1 is 1.29 bits per heavy atom. The number of aryl methyl sites for hydroxylation is 1. The van der Waals surface area contributed by atoms with Gasteiger partial charge in [-0.05, 0) is 25.3 Å². The van der Waals surface area contributed by atoms with Crippen molar-refractivity contribution in [2.45, 2.75) is 39.2 Å². The van der Waals surface area contributed by atoms with Crippen molar-refractivity contribution in [1.82, 2.24) is 4.72 Å². The second kappa shape index (κ2) is 8.14. The molecule has 21 heavy (non-hydrogen) atoms. The van der Waals surface area contributed by atoms with E-state index in [-0.39, 0.29) is 24.6 Å². The number of hydrogen-bond donors (Lipinski definition) is 1. The first-order valence-electron chi connectivity index (χ1n) is 7.01. The summed E-state index contributed by atoms with van der Waals surface area (Å²) in [5, 5.41) is 0. The molecule has 1 atom stereocenters. The molecule has 0 bridgehead atoms. The third kappa shape index (κ3) is 6.27. The first kappa shape index (κ1) is 17.7. The summed E-state index contributed by atoms with van der Waals surface area (Å²) in [4.78, 5) is 11.0. The van der Waals surface area contributed by atoms with E-state index in [1.165, 1.54) is 7.11 Å². The second-order valence-electron chi connectivity index (χ2n) is 4.99. The summed E-state index contributed by atoms with van der Waals surface area (Å²) in [6.07, 6.45) is 1.03. The lowest BCUT2D eigenvalue weighted by atomic mass is 10.0. The molecule has 1 aromatic carbocycles. The lowest BCUT2D eigenvalue weighted by Crippen LogP contribution is -2.30. The maximum Gasteiger partial charge on any atom is 0.305 e. The summed E-state index contributed by atoms with van der Waals surface area (Å²) in [6.45, 7) is 3.92. The van der Waals surface area contributed by atoms with Gasteiger partial charge in [-0.1, -0.05) is 36.8 Å². The fourth-order valence-electron chi connectivity index (χ4n) is 1.97. The lowest BCUT2D eigenvalue weighted by Gasteiger charge is -2.17. The van der Waals surface area contributed by atoms with Gasteiger partial charge >= 0.3 is 5.97 Å². The summed E-state index contributed by atoms with van der Waals surface area (Å²) in [7, 11) is -2.12. The first-order valence-corrected chi connectivity index (χ1v) is 8.66. The SMILES string of the molecule is CCC(NS(=O)(=O)CCCC(=O)OC)c1ccc(C)cc1. The standard InChI is InChI=1S/C15H23NO4S/c1-4-14(13-9-7-12(2)8-10-13)16-21(18,19)11-5-6-15(17)20-3/h7-10,14,16H,4-6,11H2,1-3H3. The number of hydrogen-bond acceptors (Lipinski definition) is 4. The summed E-state index contributed by atoms with van der Waals surface area (Å²) >= 11 is 0. The quantitative estimate of drug-likeness (QED) is 0.748. The molecule has 0 spiro atoms. The van der Waals surface area contributed by atoms with E-state index in [1.54, 1.807) is 0 Å². The monoisotopic (exact) mass is 313 g/mol. The number of sulfonamides is 1. The molecule has 0 saturated heterocycles. The van der Waals surface area contributed by atoms with E-state index in [2.05, 4.69) is 9.46 Å². The highest BCUT2D eigenvalue weighted by atomic mass is 32.2. The van der Waals surface area contributed by atoms with Crippen molar-refractivity contribution >= 4 is 16.0 Å². The number of esters is 1. The average Bonchev–Trinajstić information content (AvgIpc) is 2.45. The number of carbonyl (C=O) groups excluding carboxylic acids is 1. The minimum atomic E-state index is -3.41. The molecule has 0 heterocycles. The van der Waals surface area contributed by atoms with Crippen LogP contribution in [-0.2, 0) is 19.6 Å². The molecule has 0 saturated carbocycles. The van der Waals surface area contributed by atoms with Crippen LogP contribution in [0.1, 0.15) is 43.4 Å². The molecule has 1 rings (SSSR count). The van der Waals surface area contributed by atoms with E-state index in [9.17, 15) is 13.2 Å². The molecule has 1 N–H and O–H groups in total. The van der Waals surface area contributed by atoms with E-state index >= 15 is 0 Å². The van der Waals surface area contributed by atoms with Gasteiger partial charge < -0.3 is 4.74 Å². The number of nitrogens with one attached hydrogen (secondary N) is 1. The highest BCUT2D eigenvalue weighted by Gasteiger charge is 2.18. The number of rotatable bonds is 8. The van der Waals surface area contributed by atoms with E-state index in [4.69, 9.17) is 0 Å². The zero-order valence-electron chi connectivity index (χ0n) is 12.8. The van der Waals surface area contributed by atoms with Crippen LogP contribution in [0.4, 0.5) is 0 Å². The van der Waals surface area contributed by atoms with Gasteiger partial charge in [-0.3, -0.25) is 4.79 Å². The third-order valence-corrected chi connectivity index (χ3v) is 4.70. The maximum absolute atomic E-state index is 12.0. The Hall–Kier alpha value is -1.40. The predicted octanol–water partition coefficient (Wildman–Crippen LogP) is 2.32. The maximum atomic E-state index is 12.0. The van der Waals surface area contributed by atoms with E-state index in [1.807, 2.05) is 38.1 Å². The molecule has 118 valence electrons. The summed E-state index contributed by atoms with van der Waals surface area (Å²) in [5.41, 5.74) is 2.08. The zero-order chi connectivity index (χ0) is 15.9. The summed E-state index contributed by atoms with van der Waals surface area (Å²) < 4.78 is 31.3. The molecule has 1 unspecified atom stereocenters. The van der Waals surface area contributed by atoms with Crippen molar-refractivity contribution in [3.63, 3.8) is 0 Å². The molecule has 5 nitrogen and oxygen atoms in total. The van der Waals surface area contributed by atoms with Gasteiger partial charge in [0.1, 0.15) is 0 Å². The molecule has 1 aromatic rings. The molecule has 0 aliphatic rings. The van der Waals surface area contributed by atoms with Gasteiger partial charge in [0, 0.05) is 12.5 Å². The zero-order valence-corrected chi connectivity index (χ0v) is 13.6. The fraction of sp³-hybridized carbons (Fsp3) is 0.533. The molecule has 0 aromatic heterocycles. The lowest BCUT2D eigenvalue weighted by molar-refractivity contribution is -0.140. The molecule has 0 radical (unpaired) electrons. The number of methoxy groups -OCH3 is 1. The molecular formula is C15H23NO4S. The van der Waals surface area contributed by atoms with E-state index < -0.39 is 16.0 Å². The largest absolute Gasteiger partial charge is 0.469 e. The first-order chi connectivity index (χ1) is 9.88. The number of benzene rings is 1. The highest BCUT2D eigenvalue weighted by molar-refractivity contribution is 7.89. The van der Waals surface area contributed by atoms with Crippen LogP contribution in [-0.4, -0.2) is 27.2 Å². The topological polar surface area (TPSA) is 72.5 Å². The highest BCUT2D eigenvalue weighted by Crippen LogP contribution is 2.18. The Bertz CT molecular complexity index is 552. The van der Waals surface area contributed by atoms with Crippen LogP contribution in [0.2, 0.25) is 0 Å². The van der Waals surface area contributed by atoms with Gasteiger partial charge in [0.15, 0.2) is 0 Å². The second-order valence-corrected chi connectivity index (χ2v) is 6.86. The van der Waals surface area contributed by atoms with Crippen molar-refractivity contribution in [3.05, 3.63) is 35.4 Å². The molecule has 6 heteroatoms. The van der Waals surface area contributed by atoms with Crippen LogP contribution in [0.5, 0.6) is 0 Å². The van der Waals surface area contributed by atoms with Gasteiger partial charge in [-0.15, -0.1) is 0 Å². The predicted molar refractivity (Wildman–Crippen MR) is 82.4 cm³/mol. The summed E-state index contributed by atoms with van der Waals surface area (Å²) in [6, 6.07) is 7.54. The molecule has 0 aliphatic heterocycles. The van der Waals surface area contributed by atoms with Gasteiger partial charge in [0.2, 0.25) is 10.0 Å². The van der Waals surface area contributed by atoms with Crippen LogP contribution in [0, 0.1) is 6.92 Å². The number of ether oxygens (including phenoxy) is 1. The molecular weight excluding hydrogens is 290 g/mol. The molecule has 0 aliphatic carbocycles. The van der Waals surface area contributed by atoms with Crippen molar-refractivity contribution in [1.29, 1.82) is 0 Å².